The number of ether oxygens (including phenoxy) is 1. The molecule has 1 aromatic carbocycles. The highest BCUT2D eigenvalue weighted by molar-refractivity contribution is 6.00. The zero-order valence-corrected chi connectivity index (χ0v) is 16.9. The molecule has 1 unspecified atom stereocenters. The van der Waals surface area contributed by atoms with Gasteiger partial charge in [0.1, 0.15) is 0 Å². The van der Waals surface area contributed by atoms with E-state index in [1.165, 1.54) is 5.56 Å². The van der Waals surface area contributed by atoms with Crippen LogP contribution in [-0.2, 0) is 14.3 Å². The topological polar surface area (TPSA) is 79.0 Å². The molecule has 0 aliphatic carbocycles. The van der Waals surface area contributed by atoms with Gasteiger partial charge in [-0.25, -0.2) is 4.79 Å². The van der Waals surface area contributed by atoms with Gasteiger partial charge in [-0.05, 0) is 56.9 Å². The van der Waals surface area contributed by atoms with Crippen molar-refractivity contribution in [1.82, 2.24) is 10.2 Å². The summed E-state index contributed by atoms with van der Waals surface area (Å²) in [4.78, 5) is 40.3. The van der Waals surface area contributed by atoms with E-state index >= 15 is 0 Å². The highest BCUT2D eigenvalue weighted by Crippen LogP contribution is 2.27. The van der Waals surface area contributed by atoms with Crippen molar-refractivity contribution in [3.05, 3.63) is 29.3 Å². The summed E-state index contributed by atoms with van der Waals surface area (Å²) in [6.07, 6.45) is 1.34. The molecule has 7 heteroatoms. The predicted molar refractivity (Wildman–Crippen MR) is 106 cm³/mol. The third kappa shape index (κ3) is 4.46. The van der Waals surface area contributed by atoms with Crippen LogP contribution in [0.2, 0.25) is 0 Å². The number of hydrogen-bond acceptors (Lipinski definition) is 4. The molecule has 1 N–H and O–H groups in total. The van der Waals surface area contributed by atoms with Crippen molar-refractivity contribution >= 4 is 23.6 Å². The van der Waals surface area contributed by atoms with E-state index in [-0.39, 0.29) is 36.3 Å². The summed E-state index contributed by atoms with van der Waals surface area (Å²) < 4.78 is 5.02. The first-order chi connectivity index (χ1) is 13.4. The number of rotatable bonds is 4. The number of carbonyl (C=O) groups is 3. The molecule has 152 valence electrons. The van der Waals surface area contributed by atoms with Crippen molar-refractivity contribution in [1.29, 1.82) is 0 Å². The van der Waals surface area contributed by atoms with Crippen LogP contribution in [0.3, 0.4) is 0 Å². The number of benzene rings is 1. The van der Waals surface area contributed by atoms with Gasteiger partial charge in [0.25, 0.3) is 0 Å². The fourth-order valence-corrected chi connectivity index (χ4v) is 3.77. The molecule has 2 aliphatic heterocycles. The van der Waals surface area contributed by atoms with Gasteiger partial charge in [0, 0.05) is 37.8 Å². The highest BCUT2D eigenvalue weighted by Gasteiger charge is 2.36. The summed E-state index contributed by atoms with van der Waals surface area (Å²) in [5.41, 5.74) is 3.16. The molecule has 2 heterocycles. The minimum Gasteiger partial charge on any atom is -0.450 e. The minimum absolute atomic E-state index is 0.0134. The van der Waals surface area contributed by atoms with E-state index in [1.807, 2.05) is 32.0 Å². The van der Waals surface area contributed by atoms with Crippen LogP contribution >= 0.6 is 0 Å². The Balaban J connectivity index is 1.52. The minimum atomic E-state index is -0.336. The van der Waals surface area contributed by atoms with Gasteiger partial charge in [-0.15, -0.1) is 0 Å². The Labute approximate surface area is 166 Å². The van der Waals surface area contributed by atoms with Gasteiger partial charge in [0.2, 0.25) is 11.8 Å². The zero-order chi connectivity index (χ0) is 20.3. The Bertz CT molecular complexity index is 756. The summed E-state index contributed by atoms with van der Waals surface area (Å²) in [5.74, 6) is -0.424. The first kappa shape index (κ1) is 20.2. The lowest BCUT2D eigenvalue weighted by atomic mass is 10.0. The number of nitrogens with zero attached hydrogens (tertiary/aromatic N) is 2. The second-order valence-electron chi connectivity index (χ2n) is 7.64. The summed E-state index contributed by atoms with van der Waals surface area (Å²) in [6, 6.07) is 5.97. The van der Waals surface area contributed by atoms with Crippen molar-refractivity contribution in [2.45, 2.75) is 46.1 Å². The van der Waals surface area contributed by atoms with Crippen LogP contribution in [0.5, 0.6) is 0 Å². The normalized spacial score (nSPS) is 20.4. The largest absolute Gasteiger partial charge is 0.450 e. The molecule has 2 fully saturated rings. The maximum Gasteiger partial charge on any atom is 0.409 e. The van der Waals surface area contributed by atoms with E-state index in [2.05, 4.69) is 5.32 Å². The zero-order valence-electron chi connectivity index (χ0n) is 16.9. The average molecular weight is 387 g/mol. The molecule has 0 spiro atoms. The highest BCUT2D eigenvalue weighted by atomic mass is 16.6. The molecular formula is C21H29N3O4. The van der Waals surface area contributed by atoms with Crippen LogP contribution in [0.25, 0.3) is 0 Å². The number of nitrogens with one attached hydrogen (secondary N) is 1. The molecule has 0 bridgehead atoms. The van der Waals surface area contributed by atoms with Gasteiger partial charge < -0.3 is 19.9 Å². The maximum atomic E-state index is 12.7. The second-order valence-corrected chi connectivity index (χ2v) is 7.64. The number of carbonyl (C=O) groups excluding carboxylic acids is 3. The Hall–Kier alpha value is -2.57. The molecule has 0 saturated carbocycles. The molecule has 1 atom stereocenters. The lowest BCUT2D eigenvalue weighted by Crippen LogP contribution is -2.48. The SMILES string of the molecule is CCOC(=O)N1CCC(NC(=O)C2CC(=O)N(c3ccc(C)c(C)c3)C2)CC1. The van der Waals surface area contributed by atoms with E-state index in [0.29, 0.717) is 39.1 Å². The van der Waals surface area contributed by atoms with E-state index in [4.69, 9.17) is 4.74 Å². The molecule has 28 heavy (non-hydrogen) atoms. The lowest BCUT2D eigenvalue weighted by Gasteiger charge is -2.32. The summed E-state index contributed by atoms with van der Waals surface area (Å²) in [6.45, 7) is 7.76. The van der Waals surface area contributed by atoms with Gasteiger partial charge in [-0.2, -0.15) is 0 Å². The fraction of sp³-hybridized carbons (Fsp3) is 0.571. The maximum absolute atomic E-state index is 12.7. The number of hydrogen-bond donors (Lipinski definition) is 1. The van der Waals surface area contributed by atoms with Gasteiger partial charge in [0.05, 0.1) is 12.5 Å². The summed E-state index contributed by atoms with van der Waals surface area (Å²) in [5, 5.41) is 3.07. The van der Waals surface area contributed by atoms with Gasteiger partial charge in [-0.1, -0.05) is 6.07 Å². The van der Waals surface area contributed by atoms with Gasteiger partial charge in [0.15, 0.2) is 0 Å². The van der Waals surface area contributed by atoms with Gasteiger partial charge in [-0.3, -0.25) is 9.59 Å². The van der Waals surface area contributed by atoms with Crippen LogP contribution in [-0.4, -0.2) is 55.1 Å². The smallest absolute Gasteiger partial charge is 0.409 e. The van der Waals surface area contributed by atoms with Crippen molar-refractivity contribution in [2.75, 3.05) is 31.1 Å². The summed E-state index contributed by atoms with van der Waals surface area (Å²) in [7, 11) is 0. The average Bonchev–Trinajstić information content (AvgIpc) is 3.06. The molecule has 2 aliphatic rings. The number of aryl methyl sites for hydroxylation is 2. The molecule has 0 aromatic heterocycles. The van der Waals surface area contributed by atoms with Crippen LogP contribution < -0.4 is 10.2 Å². The van der Waals surface area contributed by atoms with E-state index < -0.39 is 0 Å². The monoisotopic (exact) mass is 387 g/mol. The molecule has 7 nitrogen and oxygen atoms in total. The quantitative estimate of drug-likeness (QED) is 0.860. The standard InChI is InChI=1S/C21H29N3O4/c1-4-28-21(27)23-9-7-17(8-10-23)22-20(26)16-12-19(25)24(13-16)18-6-5-14(2)15(3)11-18/h5-6,11,16-17H,4,7-10,12-13H2,1-3H3,(H,22,26). The first-order valence-electron chi connectivity index (χ1n) is 9.98. The Morgan fingerprint density at radius 1 is 1.18 bits per heavy atom. The predicted octanol–water partition coefficient (Wildman–Crippen LogP) is 2.39. The Morgan fingerprint density at radius 2 is 1.89 bits per heavy atom. The Morgan fingerprint density at radius 3 is 2.54 bits per heavy atom. The second kappa shape index (κ2) is 8.63. The number of likely N-dealkylation sites (tertiary alicyclic amines) is 1. The molecule has 0 radical (unpaired) electrons. The summed E-state index contributed by atoms with van der Waals surface area (Å²) >= 11 is 0. The van der Waals surface area contributed by atoms with Gasteiger partial charge >= 0.3 is 6.09 Å². The molecule has 2 saturated heterocycles. The van der Waals surface area contributed by atoms with E-state index in [9.17, 15) is 14.4 Å². The molecular weight excluding hydrogens is 358 g/mol. The number of anilines is 1. The Kier molecular flexibility index (Phi) is 6.21. The van der Waals surface area contributed by atoms with Crippen molar-refractivity contribution in [3.63, 3.8) is 0 Å². The van der Waals surface area contributed by atoms with Crippen LogP contribution in [0.15, 0.2) is 18.2 Å². The fourth-order valence-electron chi connectivity index (χ4n) is 3.77. The van der Waals surface area contributed by atoms with E-state index in [1.54, 1.807) is 16.7 Å². The van der Waals surface area contributed by atoms with E-state index in [0.717, 1.165) is 11.3 Å². The first-order valence-corrected chi connectivity index (χ1v) is 9.98. The molecule has 3 rings (SSSR count). The number of piperidine rings is 1. The third-order valence-electron chi connectivity index (χ3n) is 5.67. The van der Waals surface area contributed by atoms with Crippen LogP contribution in [0.4, 0.5) is 10.5 Å². The van der Waals surface area contributed by atoms with Crippen molar-refractivity contribution in [3.8, 4) is 0 Å². The van der Waals surface area contributed by atoms with Crippen molar-refractivity contribution in [2.24, 2.45) is 5.92 Å². The molecule has 3 amide bonds. The van der Waals surface area contributed by atoms with Crippen LogP contribution in [0.1, 0.15) is 37.3 Å². The van der Waals surface area contributed by atoms with Crippen LogP contribution in [0, 0.1) is 19.8 Å². The lowest BCUT2D eigenvalue weighted by molar-refractivity contribution is -0.127. The number of amides is 3. The molecule has 1 aromatic rings. The third-order valence-corrected chi connectivity index (χ3v) is 5.67. The van der Waals surface area contributed by atoms with Crippen molar-refractivity contribution < 1.29 is 19.1 Å².